The van der Waals surface area contributed by atoms with Crippen LogP contribution in [0.25, 0.3) is 10.8 Å². The van der Waals surface area contributed by atoms with Gasteiger partial charge in [-0.15, -0.1) is 4.73 Å². The van der Waals surface area contributed by atoms with Gasteiger partial charge in [-0.25, -0.2) is 4.79 Å². The first-order valence-electron chi connectivity index (χ1n) is 6.53. The fourth-order valence-corrected chi connectivity index (χ4v) is 2.35. The molecule has 1 aliphatic heterocycles. The first-order chi connectivity index (χ1) is 9.68. The summed E-state index contributed by atoms with van der Waals surface area (Å²) in [4.78, 5) is 17.0. The standard InChI is InChI=1S/C14H15NO5/c16-12-9-5-1-2-6-10(9)13(17)15(12)20-14(18)11-7-3-4-8-19-11/h1-2,5-6,11,16-17H,3-4,7-8H2. The Bertz CT molecular complexity index is 603. The van der Waals surface area contributed by atoms with Gasteiger partial charge in [0, 0.05) is 6.61 Å². The Morgan fingerprint density at radius 3 is 2.40 bits per heavy atom. The lowest BCUT2D eigenvalue weighted by Crippen LogP contribution is -2.35. The van der Waals surface area contributed by atoms with Crippen molar-refractivity contribution in [2.24, 2.45) is 0 Å². The average Bonchev–Trinajstić information content (AvgIpc) is 2.74. The van der Waals surface area contributed by atoms with Crippen molar-refractivity contribution in [1.82, 2.24) is 4.73 Å². The van der Waals surface area contributed by atoms with Crippen LogP contribution in [0.2, 0.25) is 0 Å². The van der Waals surface area contributed by atoms with Crippen molar-refractivity contribution in [2.75, 3.05) is 6.61 Å². The summed E-state index contributed by atoms with van der Waals surface area (Å²) in [5, 5.41) is 20.8. The quantitative estimate of drug-likeness (QED) is 0.871. The van der Waals surface area contributed by atoms with Crippen molar-refractivity contribution in [2.45, 2.75) is 25.4 Å². The number of aromatic hydroxyl groups is 2. The Labute approximate surface area is 115 Å². The van der Waals surface area contributed by atoms with Crippen LogP contribution in [0, 0.1) is 0 Å². The van der Waals surface area contributed by atoms with Gasteiger partial charge in [0.1, 0.15) is 0 Å². The van der Waals surface area contributed by atoms with Crippen molar-refractivity contribution in [1.29, 1.82) is 0 Å². The number of carbonyl (C=O) groups is 1. The fourth-order valence-electron chi connectivity index (χ4n) is 2.35. The van der Waals surface area contributed by atoms with Crippen LogP contribution in [-0.2, 0) is 9.53 Å². The number of rotatable bonds is 2. The summed E-state index contributed by atoms with van der Waals surface area (Å²) >= 11 is 0. The normalized spacial score (nSPS) is 19.1. The molecule has 6 nitrogen and oxygen atoms in total. The van der Waals surface area contributed by atoms with E-state index in [-0.39, 0.29) is 11.8 Å². The Kier molecular flexibility index (Phi) is 3.23. The number of fused-ring (bicyclic) bond motifs is 1. The predicted octanol–water partition coefficient (Wildman–Crippen LogP) is 1.58. The minimum atomic E-state index is -0.645. The van der Waals surface area contributed by atoms with Crippen LogP contribution in [0.1, 0.15) is 19.3 Å². The maximum atomic E-state index is 12.0. The van der Waals surface area contributed by atoms with Gasteiger partial charge in [-0.1, -0.05) is 12.1 Å². The molecule has 1 saturated heterocycles. The van der Waals surface area contributed by atoms with Gasteiger partial charge in [0.2, 0.25) is 11.8 Å². The summed E-state index contributed by atoms with van der Waals surface area (Å²) in [5.41, 5.74) is 0. The summed E-state index contributed by atoms with van der Waals surface area (Å²) in [7, 11) is 0. The van der Waals surface area contributed by atoms with Crippen LogP contribution in [0.4, 0.5) is 0 Å². The lowest BCUT2D eigenvalue weighted by molar-refractivity contribution is -0.161. The molecule has 0 amide bonds. The number of aromatic nitrogens is 1. The fraction of sp³-hybridized carbons (Fsp3) is 0.357. The molecule has 0 bridgehead atoms. The van der Waals surface area contributed by atoms with Crippen LogP contribution in [0.5, 0.6) is 11.8 Å². The van der Waals surface area contributed by atoms with Crippen LogP contribution in [0.3, 0.4) is 0 Å². The van der Waals surface area contributed by atoms with E-state index in [4.69, 9.17) is 9.57 Å². The zero-order valence-corrected chi connectivity index (χ0v) is 10.8. The molecule has 0 radical (unpaired) electrons. The third-order valence-electron chi connectivity index (χ3n) is 3.42. The maximum absolute atomic E-state index is 12.0. The van der Waals surface area contributed by atoms with Gasteiger partial charge >= 0.3 is 5.97 Å². The SMILES string of the molecule is O=C(On1c(O)c2ccccc2c1O)C1CCCCO1. The Hall–Kier alpha value is -2.21. The summed E-state index contributed by atoms with van der Waals surface area (Å²) in [5.74, 6) is -1.22. The second kappa shape index (κ2) is 5.05. The lowest BCUT2D eigenvalue weighted by Gasteiger charge is -2.20. The van der Waals surface area contributed by atoms with E-state index in [2.05, 4.69) is 0 Å². The van der Waals surface area contributed by atoms with Crippen molar-refractivity contribution in [3.8, 4) is 11.8 Å². The predicted molar refractivity (Wildman–Crippen MR) is 70.4 cm³/mol. The van der Waals surface area contributed by atoms with Gasteiger partial charge < -0.3 is 19.8 Å². The van der Waals surface area contributed by atoms with Crippen molar-refractivity contribution >= 4 is 16.7 Å². The molecule has 0 saturated carbocycles. The van der Waals surface area contributed by atoms with Gasteiger partial charge in [-0.2, -0.15) is 0 Å². The molecular formula is C14H15NO5. The molecule has 2 aromatic rings. The second-order valence-electron chi connectivity index (χ2n) is 4.75. The molecule has 2 heterocycles. The highest BCUT2D eigenvalue weighted by Gasteiger charge is 2.27. The number of hydrogen-bond acceptors (Lipinski definition) is 5. The van der Waals surface area contributed by atoms with E-state index in [0.29, 0.717) is 23.8 Å². The zero-order chi connectivity index (χ0) is 14.1. The Morgan fingerprint density at radius 2 is 1.85 bits per heavy atom. The number of nitrogens with zero attached hydrogens (tertiary/aromatic N) is 1. The molecular weight excluding hydrogens is 262 g/mol. The van der Waals surface area contributed by atoms with Crippen molar-refractivity contribution < 1.29 is 24.6 Å². The molecule has 1 aromatic heterocycles. The molecule has 1 aliphatic rings. The molecule has 1 aromatic carbocycles. The highest BCUT2D eigenvalue weighted by Crippen LogP contribution is 2.34. The first-order valence-corrected chi connectivity index (χ1v) is 6.53. The van der Waals surface area contributed by atoms with Crippen LogP contribution in [0.15, 0.2) is 24.3 Å². The smallest absolute Gasteiger partial charge is 0.361 e. The summed E-state index contributed by atoms with van der Waals surface area (Å²) < 4.78 is 6.06. The molecule has 3 rings (SSSR count). The lowest BCUT2D eigenvalue weighted by atomic mass is 10.1. The van der Waals surface area contributed by atoms with E-state index in [1.165, 1.54) is 0 Å². The molecule has 1 fully saturated rings. The molecule has 1 atom stereocenters. The topological polar surface area (TPSA) is 80.9 Å². The van der Waals surface area contributed by atoms with Gasteiger partial charge in [0.05, 0.1) is 10.8 Å². The third kappa shape index (κ3) is 2.08. The van der Waals surface area contributed by atoms with Gasteiger partial charge in [-0.05, 0) is 31.4 Å². The minimum absolute atomic E-state index is 0.303. The molecule has 0 spiro atoms. The van der Waals surface area contributed by atoms with Crippen LogP contribution < -0.4 is 4.84 Å². The Balaban J connectivity index is 1.88. The Morgan fingerprint density at radius 1 is 1.20 bits per heavy atom. The van der Waals surface area contributed by atoms with E-state index in [9.17, 15) is 15.0 Å². The number of carbonyl (C=O) groups excluding carboxylic acids is 1. The first kappa shape index (κ1) is 12.8. The molecule has 0 aliphatic carbocycles. The van der Waals surface area contributed by atoms with Crippen molar-refractivity contribution in [3.05, 3.63) is 24.3 Å². The van der Waals surface area contributed by atoms with E-state index in [1.807, 2.05) is 0 Å². The van der Waals surface area contributed by atoms with Gasteiger partial charge in [0.15, 0.2) is 6.10 Å². The highest BCUT2D eigenvalue weighted by atomic mass is 16.7. The highest BCUT2D eigenvalue weighted by molar-refractivity contribution is 5.93. The van der Waals surface area contributed by atoms with Gasteiger partial charge in [0.25, 0.3) is 0 Å². The number of hydrogen-bond donors (Lipinski definition) is 2. The average molecular weight is 277 g/mol. The maximum Gasteiger partial charge on any atom is 0.361 e. The third-order valence-corrected chi connectivity index (χ3v) is 3.42. The summed E-state index contributed by atoms with van der Waals surface area (Å²) in [6, 6.07) is 6.70. The van der Waals surface area contributed by atoms with E-state index in [1.54, 1.807) is 24.3 Å². The van der Waals surface area contributed by atoms with Crippen molar-refractivity contribution in [3.63, 3.8) is 0 Å². The van der Waals surface area contributed by atoms with E-state index in [0.717, 1.165) is 17.6 Å². The van der Waals surface area contributed by atoms with Crippen LogP contribution >= 0.6 is 0 Å². The minimum Gasteiger partial charge on any atom is -0.492 e. The molecule has 1 unspecified atom stereocenters. The summed E-state index contributed by atoms with van der Waals surface area (Å²) in [6.45, 7) is 0.519. The molecule has 20 heavy (non-hydrogen) atoms. The van der Waals surface area contributed by atoms with E-state index >= 15 is 0 Å². The van der Waals surface area contributed by atoms with E-state index < -0.39 is 12.1 Å². The zero-order valence-electron chi connectivity index (χ0n) is 10.8. The largest absolute Gasteiger partial charge is 0.492 e. The monoisotopic (exact) mass is 277 g/mol. The molecule has 6 heteroatoms. The van der Waals surface area contributed by atoms with Crippen LogP contribution in [-0.4, -0.2) is 33.6 Å². The number of benzene rings is 1. The number of ether oxygens (including phenoxy) is 1. The molecule has 2 N–H and O–H groups in total. The summed E-state index contributed by atoms with van der Waals surface area (Å²) in [6.07, 6.45) is 1.76. The molecule has 106 valence electrons. The van der Waals surface area contributed by atoms with Gasteiger partial charge in [-0.3, -0.25) is 0 Å². The second-order valence-corrected chi connectivity index (χ2v) is 4.75.